The second kappa shape index (κ2) is 10.8. The largest absolute Gasteiger partial charge is 0.478 e. The Bertz CT molecular complexity index is 1200. The Morgan fingerprint density at radius 2 is 1.47 bits per heavy atom. The van der Waals surface area contributed by atoms with Crippen molar-refractivity contribution >= 4 is 18.4 Å². The molecule has 3 aromatic rings. The molecule has 3 nitrogen and oxygen atoms in total. The van der Waals surface area contributed by atoms with Gasteiger partial charge in [-0.25, -0.2) is 4.79 Å². The lowest BCUT2D eigenvalue weighted by atomic mass is 9.89. The fourth-order valence-electron chi connectivity index (χ4n) is 3.98. The van der Waals surface area contributed by atoms with E-state index in [9.17, 15) is 23.1 Å². The van der Waals surface area contributed by atoms with E-state index in [2.05, 4.69) is 29.3 Å². The van der Waals surface area contributed by atoms with Gasteiger partial charge in [-0.2, -0.15) is 13.2 Å². The number of rotatable bonds is 3. The maximum Gasteiger partial charge on any atom is 0.416 e. The summed E-state index contributed by atoms with van der Waals surface area (Å²) in [4.78, 5) is 11.6. The molecule has 1 saturated heterocycles. The van der Waals surface area contributed by atoms with Crippen LogP contribution in [0, 0.1) is 11.8 Å². The minimum absolute atomic E-state index is 0. The molecule has 0 atom stereocenters. The number of benzene rings is 3. The highest BCUT2D eigenvalue weighted by Crippen LogP contribution is 2.30. The second-order valence-corrected chi connectivity index (χ2v) is 8.08. The average Bonchev–Trinajstić information content (AvgIpc) is 2.83. The maximum atomic E-state index is 12.7. The van der Waals surface area contributed by atoms with E-state index >= 15 is 0 Å². The summed E-state index contributed by atoms with van der Waals surface area (Å²) in [5.74, 6) is 5.16. The van der Waals surface area contributed by atoms with Crippen LogP contribution in [-0.2, 0) is 6.18 Å². The zero-order valence-electron chi connectivity index (χ0n) is 18.2. The number of carbonyl (C=O) groups is 1. The van der Waals surface area contributed by atoms with Gasteiger partial charge in [0.05, 0.1) is 11.1 Å². The number of carboxylic acids is 1. The van der Waals surface area contributed by atoms with Crippen molar-refractivity contribution in [1.82, 2.24) is 5.32 Å². The van der Waals surface area contributed by atoms with Gasteiger partial charge in [0.15, 0.2) is 0 Å². The van der Waals surface area contributed by atoms with E-state index in [1.165, 1.54) is 23.8 Å². The number of hydrogen-bond donors (Lipinski definition) is 2. The Balaban J connectivity index is 0.00000324. The molecule has 176 valence electrons. The molecule has 3 aromatic carbocycles. The number of alkyl halides is 3. The van der Waals surface area contributed by atoms with E-state index in [1.54, 1.807) is 12.1 Å². The fourth-order valence-corrected chi connectivity index (χ4v) is 3.98. The first kappa shape index (κ1) is 25.4. The molecule has 0 unspecified atom stereocenters. The summed E-state index contributed by atoms with van der Waals surface area (Å²) in [5, 5.41) is 12.9. The first-order valence-corrected chi connectivity index (χ1v) is 10.7. The zero-order chi connectivity index (χ0) is 23.4. The Kier molecular flexibility index (Phi) is 8.03. The molecule has 2 N–H and O–H groups in total. The molecule has 0 amide bonds. The minimum atomic E-state index is -4.40. The summed E-state index contributed by atoms with van der Waals surface area (Å²) in [6.45, 7) is 2.02. The molecule has 4 rings (SSSR count). The summed E-state index contributed by atoms with van der Waals surface area (Å²) >= 11 is 0. The molecule has 0 aromatic heterocycles. The van der Waals surface area contributed by atoms with E-state index in [0.29, 0.717) is 17.0 Å². The Labute approximate surface area is 202 Å². The van der Waals surface area contributed by atoms with Crippen LogP contribution in [0.25, 0.3) is 11.1 Å². The predicted octanol–water partition coefficient (Wildman–Crippen LogP) is 6.36. The summed E-state index contributed by atoms with van der Waals surface area (Å²) in [6.07, 6.45) is -2.21. The van der Waals surface area contributed by atoms with Crippen molar-refractivity contribution in [3.8, 4) is 23.0 Å². The summed E-state index contributed by atoms with van der Waals surface area (Å²) < 4.78 is 38.2. The lowest BCUT2D eigenvalue weighted by molar-refractivity contribution is -0.137. The van der Waals surface area contributed by atoms with Crippen LogP contribution in [0.4, 0.5) is 13.2 Å². The van der Waals surface area contributed by atoms with Gasteiger partial charge in [0.2, 0.25) is 0 Å². The second-order valence-electron chi connectivity index (χ2n) is 8.08. The van der Waals surface area contributed by atoms with Crippen LogP contribution in [0.3, 0.4) is 0 Å². The molecule has 1 heterocycles. The third-order valence-electron chi connectivity index (χ3n) is 5.80. The Morgan fingerprint density at radius 1 is 0.853 bits per heavy atom. The van der Waals surface area contributed by atoms with Crippen molar-refractivity contribution in [2.45, 2.75) is 24.9 Å². The van der Waals surface area contributed by atoms with Crippen LogP contribution >= 0.6 is 12.4 Å². The van der Waals surface area contributed by atoms with Gasteiger partial charge in [0, 0.05) is 11.1 Å². The third kappa shape index (κ3) is 6.19. The van der Waals surface area contributed by atoms with Crippen molar-refractivity contribution in [2.75, 3.05) is 13.1 Å². The van der Waals surface area contributed by atoms with Gasteiger partial charge >= 0.3 is 12.1 Å². The van der Waals surface area contributed by atoms with Crippen LogP contribution in [0.1, 0.15) is 51.4 Å². The van der Waals surface area contributed by atoms with Crippen molar-refractivity contribution in [3.63, 3.8) is 0 Å². The lowest BCUT2D eigenvalue weighted by Gasteiger charge is -2.23. The van der Waals surface area contributed by atoms with Gasteiger partial charge in [-0.15, -0.1) is 12.4 Å². The van der Waals surface area contributed by atoms with E-state index < -0.39 is 17.7 Å². The highest BCUT2D eigenvalue weighted by atomic mass is 35.5. The van der Waals surface area contributed by atoms with Crippen molar-refractivity contribution in [3.05, 3.63) is 94.5 Å². The van der Waals surface area contributed by atoms with Gasteiger partial charge in [-0.3, -0.25) is 0 Å². The minimum Gasteiger partial charge on any atom is -0.478 e. The molecule has 0 radical (unpaired) electrons. The summed E-state index contributed by atoms with van der Waals surface area (Å²) in [7, 11) is 0. The summed E-state index contributed by atoms with van der Waals surface area (Å²) in [6, 6.07) is 17.6. The molecule has 1 fully saturated rings. The highest BCUT2D eigenvalue weighted by molar-refractivity contribution is 5.90. The molecule has 7 heteroatoms. The topological polar surface area (TPSA) is 49.3 Å². The van der Waals surface area contributed by atoms with E-state index in [-0.39, 0.29) is 18.0 Å². The van der Waals surface area contributed by atoms with Crippen LogP contribution < -0.4 is 5.32 Å². The standard InChI is InChI=1S/C27H22F3NO2.ClH/c28-27(29,30)25-9-3-18(4-10-25)1-2-19-15-23(17-24(16-19)26(32)33)21-7-5-20(6-8-21)22-11-13-31-14-12-22;/h3-10,15-17,22,31H,11-14H2,(H,32,33);1H. The molecule has 1 aliphatic heterocycles. The van der Waals surface area contributed by atoms with Gasteiger partial charge in [0.1, 0.15) is 0 Å². The molecule has 34 heavy (non-hydrogen) atoms. The van der Waals surface area contributed by atoms with E-state index in [0.717, 1.165) is 49.2 Å². The maximum absolute atomic E-state index is 12.7. The van der Waals surface area contributed by atoms with Crippen molar-refractivity contribution < 1.29 is 23.1 Å². The molecule has 0 saturated carbocycles. The molecular weight excluding hydrogens is 463 g/mol. The van der Waals surface area contributed by atoms with Crippen LogP contribution in [0.15, 0.2) is 66.7 Å². The van der Waals surface area contributed by atoms with Gasteiger partial charge in [-0.1, -0.05) is 36.1 Å². The van der Waals surface area contributed by atoms with Crippen molar-refractivity contribution in [1.29, 1.82) is 0 Å². The monoisotopic (exact) mass is 485 g/mol. The SMILES string of the molecule is Cl.O=C(O)c1cc(C#Cc2ccc(C(F)(F)F)cc2)cc(-c2ccc(C3CCNCC3)cc2)c1. The average molecular weight is 486 g/mol. The Hall–Kier alpha value is -3.27. The van der Waals surface area contributed by atoms with E-state index in [4.69, 9.17) is 0 Å². The van der Waals surface area contributed by atoms with Crippen LogP contribution in [-0.4, -0.2) is 24.2 Å². The molecule has 1 aliphatic rings. The fraction of sp³-hybridized carbons (Fsp3) is 0.222. The molecule has 0 aliphatic carbocycles. The first-order valence-electron chi connectivity index (χ1n) is 10.7. The van der Waals surface area contributed by atoms with Crippen molar-refractivity contribution in [2.24, 2.45) is 0 Å². The predicted molar refractivity (Wildman–Crippen MR) is 128 cm³/mol. The number of nitrogens with one attached hydrogen (secondary N) is 1. The number of hydrogen-bond acceptors (Lipinski definition) is 2. The van der Waals surface area contributed by atoms with Gasteiger partial charge in [0.25, 0.3) is 0 Å². The van der Waals surface area contributed by atoms with Crippen LogP contribution in [0.2, 0.25) is 0 Å². The van der Waals surface area contributed by atoms with E-state index in [1.807, 2.05) is 12.1 Å². The highest BCUT2D eigenvalue weighted by Gasteiger charge is 2.29. The van der Waals surface area contributed by atoms with Gasteiger partial charge in [-0.05, 0) is 91.0 Å². The lowest BCUT2D eigenvalue weighted by Crippen LogP contribution is -2.26. The normalized spacial score (nSPS) is 14.0. The summed E-state index contributed by atoms with van der Waals surface area (Å²) in [5.41, 5.74) is 3.14. The smallest absolute Gasteiger partial charge is 0.416 e. The zero-order valence-corrected chi connectivity index (χ0v) is 19.0. The van der Waals surface area contributed by atoms with Gasteiger partial charge < -0.3 is 10.4 Å². The molecule has 0 bridgehead atoms. The third-order valence-corrected chi connectivity index (χ3v) is 5.80. The quantitative estimate of drug-likeness (QED) is 0.424. The Morgan fingerprint density at radius 3 is 2.06 bits per heavy atom. The van der Waals surface area contributed by atoms with Crippen LogP contribution in [0.5, 0.6) is 0 Å². The number of aromatic carboxylic acids is 1. The molecule has 0 spiro atoms. The number of halogens is 4. The number of piperidine rings is 1. The number of carboxylic acid groups (broad SMARTS) is 1. The molecular formula is C27H23ClF3NO2. The first-order chi connectivity index (χ1) is 15.8.